The second-order valence-corrected chi connectivity index (χ2v) is 10.1. The molecule has 0 bridgehead atoms. The topological polar surface area (TPSA) is 111 Å². The number of likely N-dealkylation sites (N-methyl/N-ethyl adjacent to an activating group) is 1. The van der Waals surface area contributed by atoms with E-state index in [9.17, 15) is 14.7 Å². The number of primary amides is 1. The Kier molecular flexibility index (Phi) is 9.04. The van der Waals surface area contributed by atoms with Gasteiger partial charge in [0.25, 0.3) is 0 Å². The van der Waals surface area contributed by atoms with Crippen LogP contribution in [0, 0.1) is 11.6 Å². The fourth-order valence-electron chi connectivity index (χ4n) is 5.24. The lowest BCUT2D eigenvalue weighted by molar-refractivity contribution is 0.00963. The number of rotatable bonds is 10. The summed E-state index contributed by atoms with van der Waals surface area (Å²) in [6.45, 7) is 1.48. The van der Waals surface area contributed by atoms with Crippen LogP contribution in [0.15, 0.2) is 48.5 Å². The molecule has 0 aromatic heterocycles. The summed E-state index contributed by atoms with van der Waals surface area (Å²) in [6.07, 6.45) is 0.892. The number of halogens is 3. The molecule has 0 spiro atoms. The van der Waals surface area contributed by atoms with Gasteiger partial charge < -0.3 is 30.0 Å². The summed E-state index contributed by atoms with van der Waals surface area (Å²) >= 11 is 6.49. The Morgan fingerprint density at radius 1 is 1.17 bits per heavy atom. The third-order valence-electron chi connectivity index (χ3n) is 7.22. The molecule has 218 valence electrons. The highest BCUT2D eigenvalue weighted by Gasteiger charge is 2.53. The number of hydrogen-bond donors (Lipinski definition) is 2. The predicted octanol–water partition coefficient (Wildman–Crippen LogP) is 5.63. The zero-order valence-electron chi connectivity index (χ0n) is 22.9. The number of aliphatic hydroxyl groups excluding tert-OH is 1. The number of unbranched alkanes of at least 4 members (excludes halogenated alkanes) is 1. The van der Waals surface area contributed by atoms with Crippen molar-refractivity contribution >= 4 is 23.6 Å². The lowest BCUT2D eigenvalue weighted by Crippen LogP contribution is -2.48. The molecule has 41 heavy (non-hydrogen) atoms. The van der Waals surface area contributed by atoms with Crippen molar-refractivity contribution in [2.24, 2.45) is 5.73 Å². The van der Waals surface area contributed by atoms with Gasteiger partial charge in [0.1, 0.15) is 11.6 Å². The number of nitrogens with two attached hydrogens (primary N) is 1. The molecule has 0 fully saturated rings. The van der Waals surface area contributed by atoms with Crippen LogP contribution in [0.4, 0.5) is 13.6 Å². The van der Waals surface area contributed by atoms with Gasteiger partial charge in [0.15, 0.2) is 17.2 Å². The van der Waals surface area contributed by atoms with Gasteiger partial charge in [-0.1, -0.05) is 55.3 Å². The molecule has 4 rings (SSSR count). The van der Waals surface area contributed by atoms with E-state index < -0.39 is 52.3 Å². The van der Waals surface area contributed by atoms with Gasteiger partial charge in [0.2, 0.25) is 5.91 Å². The van der Waals surface area contributed by atoms with E-state index in [0.717, 1.165) is 12.5 Å². The molecule has 3 aromatic carbocycles. The monoisotopic (exact) mass is 588 g/mol. The van der Waals surface area contributed by atoms with Crippen LogP contribution in [0.25, 0.3) is 11.1 Å². The summed E-state index contributed by atoms with van der Waals surface area (Å²) in [6, 6.07) is 12.3. The van der Waals surface area contributed by atoms with Crippen molar-refractivity contribution in [1.82, 2.24) is 4.90 Å². The summed E-state index contributed by atoms with van der Waals surface area (Å²) in [5.74, 6) is -4.23. The lowest BCUT2D eigenvalue weighted by atomic mass is 9.76. The first-order valence-corrected chi connectivity index (χ1v) is 13.4. The van der Waals surface area contributed by atoms with Crippen LogP contribution < -0.4 is 15.2 Å². The van der Waals surface area contributed by atoms with Crippen LogP contribution in [-0.4, -0.2) is 55.9 Å². The molecule has 1 aliphatic rings. The van der Waals surface area contributed by atoms with E-state index in [1.807, 2.05) is 6.92 Å². The highest BCUT2D eigenvalue weighted by atomic mass is 35.5. The van der Waals surface area contributed by atoms with E-state index in [1.54, 1.807) is 30.3 Å². The maximum atomic E-state index is 15.9. The highest BCUT2D eigenvalue weighted by Crippen LogP contribution is 2.56. The maximum Gasteiger partial charge on any atom is 0.409 e. The van der Waals surface area contributed by atoms with Crippen LogP contribution in [-0.2, 0) is 10.3 Å². The molecule has 2 amide bonds. The summed E-state index contributed by atoms with van der Waals surface area (Å²) in [4.78, 5) is 26.6. The van der Waals surface area contributed by atoms with E-state index in [0.29, 0.717) is 12.0 Å². The minimum Gasteiger partial charge on any atom is -0.494 e. The van der Waals surface area contributed by atoms with Gasteiger partial charge in [0.05, 0.1) is 43.4 Å². The van der Waals surface area contributed by atoms with Gasteiger partial charge >= 0.3 is 6.09 Å². The van der Waals surface area contributed by atoms with Crippen LogP contribution >= 0.6 is 11.6 Å². The Morgan fingerprint density at radius 3 is 2.49 bits per heavy atom. The van der Waals surface area contributed by atoms with Crippen molar-refractivity contribution in [3.63, 3.8) is 0 Å². The molecule has 2 atom stereocenters. The molecule has 0 radical (unpaired) electrons. The summed E-state index contributed by atoms with van der Waals surface area (Å²) in [5, 5.41) is 10.3. The first-order valence-electron chi connectivity index (χ1n) is 13.0. The van der Waals surface area contributed by atoms with E-state index in [4.69, 9.17) is 31.5 Å². The Hall–Kier alpha value is -3.89. The summed E-state index contributed by atoms with van der Waals surface area (Å²) in [7, 11) is 2.75. The Morgan fingerprint density at radius 2 is 1.88 bits per heavy atom. The van der Waals surface area contributed by atoms with E-state index >= 15 is 8.78 Å². The number of benzene rings is 3. The van der Waals surface area contributed by atoms with Gasteiger partial charge in [0, 0.05) is 29.8 Å². The third kappa shape index (κ3) is 5.41. The third-order valence-corrected chi connectivity index (χ3v) is 7.59. The van der Waals surface area contributed by atoms with Crippen LogP contribution in [0.3, 0.4) is 0 Å². The van der Waals surface area contributed by atoms with Crippen molar-refractivity contribution in [3.05, 3.63) is 81.9 Å². The van der Waals surface area contributed by atoms with Crippen molar-refractivity contribution in [3.8, 4) is 22.6 Å². The zero-order valence-corrected chi connectivity index (χ0v) is 23.6. The Balaban J connectivity index is 1.97. The average molecular weight is 589 g/mol. The maximum absolute atomic E-state index is 15.9. The second kappa shape index (κ2) is 12.3. The quantitative estimate of drug-likeness (QED) is 0.297. The lowest BCUT2D eigenvalue weighted by Gasteiger charge is -2.37. The largest absolute Gasteiger partial charge is 0.494 e. The molecule has 0 unspecified atom stereocenters. The fraction of sp³-hybridized carbons (Fsp3) is 0.333. The Bertz CT molecular complexity index is 1450. The number of fused-ring (bicyclic) bond motifs is 1. The zero-order chi connectivity index (χ0) is 29.9. The van der Waals surface area contributed by atoms with Crippen LogP contribution in [0.5, 0.6) is 11.5 Å². The van der Waals surface area contributed by atoms with Gasteiger partial charge in [-0.05, 0) is 24.1 Å². The van der Waals surface area contributed by atoms with Crippen molar-refractivity contribution in [1.29, 1.82) is 0 Å². The summed E-state index contributed by atoms with van der Waals surface area (Å²) in [5.41, 5.74) is 3.92. The molecule has 8 nitrogen and oxygen atoms in total. The first-order chi connectivity index (χ1) is 19.6. The van der Waals surface area contributed by atoms with Crippen molar-refractivity contribution < 1.29 is 37.7 Å². The van der Waals surface area contributed by atoms with Crippen molar-refractivity contribution in [2.75, 3.05) is 33.9 Å². The average Bonchev–Trinajstić information content (AvgIpc) is 3.27. The highest BCUT2D eigenvalue weighted by molar-refractivity contribution is 6.34. The SMILES string of the molecule is CCCCOC(=O)N(C)C[C@]1(c2ccccc2)Oc2cc(F)c(Cl)c(-c3c(C(N)=O)ccc(OC)c3F)c2[C@@H]1CO. The van der Waals surface area contributed by atoms with Gasteiger partial charge in [-0.2, -0.15) is 0 Å². The number of carbonyl (C=O) groups is 2. The molecule has 0 aliphatic carbocycles. The Labute approximate surface area is 241 Å². The van der Waals surface area contributed by atoms with E-state index in [1.165, 1.54) is 31.2 Å². The molecule has 11 heteroatoms. The van der Waals surface area contributed by atoms with Gasteiger partial charge in [-0.15, -0.1) is 0 Å². The molecule has 0 saturated heterocycles. The van der Waals surface area contributed by atoms with E-state index in [2.05, 4.69) is 0 Å². The number of carbonyl (C=O) groups excluding carboxylic acids is 2. The van der Waals surface area contributed by atoms with Crippen LogP contribution in [0.2, 0.25) is 5.02 Å². The number of amides is 2. The molecule has 1 heterocycles. The number of nitrogens with zero attached hydrogens (tertiary/aromatic N) is 1. The van der Waals surface area contributed by atoms with Gasteiger partial charge in [-0.3, -0.25) is 4.79 Å². The number of aliphatic hydroxyl groups is 1. The molecule has 3 N–H and O–H groups in total. The molecule has 0 saturated carbocycles. The molecule has 1 aliphatic heterocycles. The minimum absolute atomic E-state index is 0.0461. The first kappa shape index (κ1) is 30.1. The fourth-order valence-corrected chi connectivity index (χ4v) is 5.49. The number of methoxy groups -OCH3 is 1. The number of ether oxygens (including phenoxy) is 3. The number of hydrogen-bond acceptors (Lipinski definition) is 6. The second-order valence-electron chi connectivity index (χ2n) is 9.74. The molecule has 3 aromatic rings. The minimum atomic E-state index is -1.48. The molecular formula is C30H31ClF2N2O6. The molecular weight excluding hydrogens is 558 g/mol. The normalized spacial score (nSPS) is 17.5. The smallest absolute Gasteiger partial charge is 0.409 e. The van der Waals surface area contributed by atoms with E-state index in [-0.39, 0.29) is 41.3 Å². The van der Waals surface area contributed by atoms with Gasteiger partial charge in [-0.25, -0.2) is 13.6 Å². The van der Waals surface area contributed by atoms with Crippen molar-refractivity contribution in [2.45, 2.75) is 31.3 Å². The summed E-state index contributed by atoms with van der Waals surface area (Å²) < 4.78 is 48.2. The van der Waals surface area contributed by atoms with Crippen LogP contribution in [0.1, 0.15) is 47.2 Å². The predicted molar refractivity (Wildman–Crippen MR) is 149 cm³/mol. The standard InChI is InChI=1S/C30H31ClF2N2O6/c1-4-5-13-40-29(38)35(2)16-30(17-9-7-6-8-10-17)19(15-36)24-22(41-30)14-20(32)26(31)25(24)23-18(28(34)37)11-12-21(39-3)27(23)33/h6-12,14,19,36H,4-5,13,15-16H2,1-3H3,(H2,34,37)/t19-,30+/m0/s1.